The first kappa shape index (κ1) is 15.0. The molecule has 1 aliphatic rings. The van der Waals surface area contributed by atoms with Crippen LogP contribution in [0.5, 0.6) is 0 Å². The number of ether oxygens (including phenoxy) is 1. The molecule has 1 amide bonds. The van der Waals surface area contributed by atoms with Crippen LogP contribution in [0.25, 0.3) is 0 Å². The molecule has 0 atom stereocenters. The third kappa shape index (κ3) is 3.95. The molecule has 0 aliphatic heterocycles. The van der Waals surface area contributed by atoms with E-state index in [4.69, 9.17) is 4.74 Å². The van der Waals surface area contributed by atoms with E-state index in [0.29, 0.717) is 6.42 Å². The first-order chi connectivity index (χ1) is 8.04. The fourth-order valence-corrected chi connectivity index (χ4v) is 2.55. The molecule has 0 unspecified atom stereocenters. The lowest BCUT2D eigenvalue weighted by Crippen LogP contribution is -2.47. The van der Waals surface area contributed by atoms with E-state index in [0.717, 1.165) is 31.1 Å². The third-order valence-electron chi connectivity index (χ3n) is 3.65. The lowest BCUT2D eigenvalue weighted by molar-refractivity contribution is -0.145. The molecule has 0 spiro atoms. The molecule has 1 saturated carbocycles. The molecule has 3 nitrogen and oxygen atoms in total. The Kier molecular flexibility index (Phi) is 5.93. The van der Waals surface area contributed by atoms with E-state index >= 15 is 0 Å². The van der Waals surface area contributed by atoms with Crippen LogP contribution in [0.3, 0.4) is 0 Å². The Hall–Kier alpha value is -0.0900. The van der Waals surface area contributed by atoms with Gasteiger partial charge in [-0.05, 0) is 39.5 Å². The smallest absolute Gasteiger partial charge is 0.225 e. The molecule has 1 aliphatic carbocycles. The van der Waals surface area contributed by atoms with Crippen LogP contribution in [0.2, 0.25) is 0 Å². The number of nitrogens with zero attached hydrogens (tertiary/aromatic N) is 1. The highest BCUT2D eigenvalue weighted by Crippen LogP contribution is 2.38. The summed E-state index contributed by atoms with van der Waals surface area (Å²) >= 11 is 3.41. The second-order valence-corrected chi connectivity index (χ2v) is 5.93. The van der Waals surface area contributed by atoms with Gasteiger partial charge in [-0.15, -0.1) is 0 Å². The van der Waals surface area contributed by atoms with E-state index in [1.54, 1.807) is 7.11 Å². The number of hydrogen-bond acceptors (Lipinski definition) is 2. The third-order valence-corrected chi connectivity index (χ3v) is 4.21. The standard InChI is InChI=1S/C13H24BrNO2/c1-11(2)15(9-5-8-14)12(16)10-13(17-3)6-4-7-13/h11H,4-10H2,1-3H3. The lowest BCUT2D eigenvalue weighted by Gasteiger charge is -2.41. The number of hydrogen-bond donors (Lipinski definition) is 0. The lowest BCUT2D eigenvalue weighted by atomic mass is 9.77. The van der Waals surface area contributed by atoms with Crippen molar-refractivity contribution >= 4 is 21.8 Å². The molecule has 0 saturated heterocycles. The predicted octanol–water partition coefficient (Wildman–Crippen LogP) is 2.97. The fourth-order valence-electron chi connectivity index (χ4n) is 2.30. The maximum absolute atomic E-state index is 12.3. The highest BCUT2D eigenvalue weighted by Gasteiger charge is 2.40. The normalized spacial score (nSPS) is 17.9. The number of rotatable bonds is 7. The summed E-state index contributed by atoms with van der Waals surface area (Å²) in [6.45, 7) is 4.99. The van der Waals surface area contributed by atoms with Crippen LogP contribution in [0.4, 0.5) is 0 Å². The Morgan fingerprint density at radius 1 is 1.47 bits per heavy atom. The van der Waals surface area contributed by atoms with Crippen molar-refractivity contribution in [2.24, 2.45) is 0 Å². The van der Waals surface area contributed by atoms with Gasteiger partial charge in [-0.1, -0.05) is 15.9 Å². The molecule has 1 rings (SSSR count). The summed E-state index contributed by atoms with van der Waals surface area (Å²) in [4.78, 5) is 14.3. The quantitative estimate of drug-likeness (QED) is 0.677. The summed E-state index contributed by atoms with van der Waals surface area (Å²) in [6.07, 6.45) is 4.79. The van der Waals surface area contributed by atoms with Crippen LogP contribution in [-0.4, -0.2) is 41.4 Å². The minimum atomic E-state index is -0.154. The van der Waals surface area contributed by atoms with Gasteiger partial charge >= 0.3 is 0 Å². The highest BCUT2D eigenvalue weighted by atomic mass is 79.9. The van der Waals surface area contributed by atoms with Gasteiger partial charge in [0.15, 0.2) is 0 Å². The largest absolute Gasteiger partial charge is 0.378 e. The van der Waals surface area contributed by atoms with E-state index in [1.165, 1.54) is 6.42 Å². The summed E-state index contributed by atoms with van der Waals surface area (Å²) in [5.74, 6) is 0.238. The minimum absolute atomic E-state index is 0.154. The Bertz CT molecular complexity index is 246. The van der Waals surface area contributed by atoms with Gasteiger partial charge in [0.05, 0.1) is 12.0 Å². The first-order valence-electron chi connectivity index (χ1n) is 6.45. The number of carbonyl (C=O) groups is 1. The average Bonchev–Trinajstić information content (AvgIpc) is 2.23. The van der Waals surface area contributed by atoms with Crippen LogP contribution in [0.1, 0.15) is 46.0 Å². The Morgan fingerprint density at radius 3 is 2.47 bits per heavy atom. The van der Waals surface area contributed by atoms with Gasteiger partial charge in [-0.25, -0.2) is 0 Å². The van der Waals surface area contributed by atoms with Crippen LogP contribution >= 0.6 is 15.9 Å². The number of halogens is 1. The van der Waals surface area contributed by atoms with E-state index in [-0.39, 0.29) is 17.6 Å². The predicted molar refractivity (Wildman–Crippen MR) is 73.5 cm³/mol. The number of carbonyl (C=O) groups excluding carboxylic acids is 1. The summed E-state index contributed by atoms with van der Waals surface area (Å²) in [5.41, 5.74) is -0.154. The van der Waals surface area contributed by atoms with Crippen molar-refractivity contribution < 1.29 is 9.53 Å². The van der Waals surface area contributed by atoms with Gasteiger partial charge in [-0.2, -0.15) is 0 Å². The van der Waals surface area contributed by atoms with Gasteiger partial charge in [0.2, 0.25) is 5.91 Å². The van der Waals surface area contributed by atoms with Gasteiger partial charge < -0.3 is 9.64 Å². The monoisotopic (exact) mass is 305 g/mol. The average molecular weight is 306 g/mol. The second kappa shape index (κ2) is 6.74. The van der Waals surface area contributed by atoms with Crippen LogP contribution in [-0.2, 0) is 9.53 Å². The topological polar surface area (TPSA) is 29.5 Å². The van der Waals surface area contributed by atoms with Crippen molar-refractivity contribution in [1.29, 1.82) is 0 Å². The second-order valence-electron chi connectivity index (χ2n) is 5.14. The first-order valence-corrected chi connectivity index (χ1v) is 7.57. The zero-order chi connectivity index (χ0) is 12.9. The molecule has 100 valence electrons. The van der Waals surface area contributed by atoms with Gasteiger partial charge in [-0.3, -0.25) is 4.79 Å². The maximum atomic E-state index is 12.3. The van der Waals surface area contributed by atoms with Crippen molar-refractivity contribution in [2.45, 2.75) is 57.6 Å². The molecule has 0 radical (unpaired) electrons. The summed E-state index contributed by atoms with van der Waals surface area (Å²) in [7, 11) is 1.73. The number of alkyl halides is 1. The molecule has 17 heavy (non-hydrogen) atoms. The van der Waals surface area contributed by atoms with Crippen molar-refractivity contribution in [2.75, 3.05) is 19.0 Å². The molecule has 1 fully saturated rings. The van der Waals surface area contributed by atoms with Gasteiger partial charge in [0.1, 0.15) is 0 Å². The summed E-state index contributed by atoms with van der Waals surface area (Å²) < 4.78 is 5.52. The van der Waals surface area contributed by atoms with Crippen molar-refractivity contribution in [3.05, 3.63) is 0 Å². The Morgan fingerprint density at radius 2 is 2.12 bits per heavy atom. The molecule has 0 aromatic carbocycles. The highest BCUT2D eigenvalue weighted by molar-refractivity contribution is 9.09. The molecular weight excluding hydrogens is 282 g/mol. The molecular formula is C13H24BrNO2. The van der Waals surface area contributed by atoms with E-state index < -0.39 is 0 Å². The zero-order valence-electron chi connectivity index (χ0n) is 11.2. The van der Waals surface area contributed by atoms with Gasteiger partial charge in [0.25, 0.3) is 0 Å². The maximum Gasteiger partial charge on any atom is 0.225 e. The Balaban J connectivity index is 2.52. The Labute approximate surface area is 113 Å². The summed E-state index contributed by atoms with van der Waals surface area (Å²) in [5, 5.41) is 0.943. The van der Waals surface area contributed by atoms with Crippen molar-refractivity contribution in [3.8, 4) is 0 Å². The van der Waals surface area contributed by atoms with E-state index in [9.17, 15) is 4.79 Å². The fraction of sp³-hybridized carbons (Fsp3) is 0.923. The number of methoxy groups -OCH3 is 1. The zero-order valence-corrected chi connectivity index (χ0v) is 12.8. The van der Waals surface area contributed by atoms with Crippen LogP contribution in [0.15, 0.2) is 0 Å². The van der Waals surface area contributed by atoms with E-state index in [2.05, 4.69) is 29.8 Å². The van der Waals surface area contributed by atoms with Crippen LogP contribution in [0, 0.1) is 0 Å². The molecule has 0 aromatic rings. The minimum Gasteiger partial charge on any atom is -0.378 e. The molecule has 0 aromatic heterocycles. The molecule has 4 heteroatoms. The van der Waals surface area contributed by atoms with Crippen LogP contribution < -0.4 is 0 Å². The molecule has 0 bridgehead atoms. The summed E-state index contributed by atoms with van der Waals surface area (Å²) in [6, 6.07) is 0.274. The SMILES string of the molecule is COC1(CC(=O)N(CCCBr)C(C)C)CCC1. The van der Waals surface area contributed by atoms with Gasteiger partial charge in [0, 0.05) is 25.0 Å². The molecule has 0 N–H and O–H groups in total. The van der Waals surface area contributed by atoms with Crippen molar-refractivity contribution in [3.63, 3.8) is 0 Å². The van der Waals surface area contributed by atoms with E-state index in [1.807, 2.05) is 4.90 Å². The van der Waals surface area contributed by atoms with Crippen molar-refractivity contribution in [1.82, 2.24) is 4.90 Å². The molecule has 0 heterocycles. The number of amides is 1.